The SMILES string of the molecule is CCOC(=O)c1ccc(N2C(=O)C[C@H]([NH+]3CCC(O)CC3)C2=O)cc1. The third kappa shape index (κ3) is 3.57. The quantitative estimate of drug-likeness (QED) is 0.568. The van der Waals surface area contributed by atoms with E-state index in [0.717, 1.165) is 4.90 Å². The molecule has 134 valence electrons. The molecule has 1 atom stereocenters. The zero-order valence-corrected chi connectivity index (χ0v) is 14.2. The Bertz CT molecular complexity index is 665. The number of ether oxygens (including phenoxy) is 1. The van der Waals surface area contributed by atoms with Crippen LogP contribution in [0.1, 0.15) is 36.5 Å². The lowest BCUT2D eigenvalue weighted by Gasteiger charge is -2.29. The van der Waals surface area contributed by atoms with Gasteiger partial charge in [0, 0.05) is 12.8 Å². The van der Waals surface area contributed by atoms with E-state index in [2.05, 4.69) is 0 Å². The fraction of sp³-hybridized carbons (Fsp3) is 0.500. The van der Waals surface area contributed by atoms with Crippen molar-refractivity contribution in [2.75, 3.05) is 24.6 Å². The van der Waals surface area contributed by atoms with Crippen LogP contribution in [0.4, 0.5) is 5.69 Å². The zero-order chi connectivity index (χ0) is 18.0. The monoisotopic (exact) mass is 347 g/mol. The van der Waals surface area contributed by atoms with Gasteiger partial charge in [-0.25, -0.2) is 9.69 Å². The number of likely N-dealkylation sites (tertiary alicyclic amines) is 1. The Labute approximate surface area is 146 Å². The first kappa shape index (κ1) is 17.6. The van der Waals surface area contributed by atoms with Gasteiger partial charge in [0.05, 0.1) is 43.5 Å². The number of amides is 2. The second-order valence-corrected chi connectivity index (χ2v) is 6.48. The van der Waals surface area contributed by atoms with Crippen molar-refractivity contribution < 1.29 is 29.1 Å². The van der Waals surface area contributed by atoms with Gasteiger partial charge in [0.15, 0.2) is 6.04 Å². The van der Waals surface area contributed by atoms with Crippen LogP contribution in [0.3, 0.4) is 0 Å². The summed E-state index contributed by atoms with van der Waals surface area (Å²) in [5.74, 6) is -0.861. The first-order chi connectivity index (χ1) is 12.0. The Morgan fingerprint density at radius 2 is 1.88 bits per heavy atom. The van der Waals surface area contributed by atoms with E-state index in [-0.39, 0.29) is 30.4 Å². The molecule has 1 aromatic carbocycles. The van der Waals surface area contributed by atoms with E-state index in [0.29, 0.717) is 43.8 Å². The van der Waals surface area contributed by atoms with Crippen LogP contribution in [-0.2, 0) is 14.3 Å². The predicted octanol–water partition coefficient (Wildman–Crippen LogP) is -0.465. The molecule has 2 N–H and O–H groups in total. The summed E-state index contributed by atoms with van der Waals surface area (Å²) < 4.78 is 4.93. The van der Waals surface area contributed by atoms with Gasteiger partial charge in [-0.15, -0.1) is 0 Å². The van der Waals surface area contributed by atoms with Crippen LogP contribution in [0.5, 0.6) is 0 Å². The molecular formula is C18H23N2O5+. The van der Waals surface area contributed by atoms with Gasteiger partial charge < -0.3 is 14.7 Å². The number of hydrogen-bond acceptors (Lipinski definition) is 5. The predicted molar refractivity (Wildman–Crippen MR) is 89.2 cm³/mol. The number of nitrogens with one attached hydrogen (secondary N) is 1. The van der Waals surface area contributed by atoms with Crippen molar-refractivity contribution in [2.24, 2.45) is 0 Å². The van der Waals surface area contributed by atoms with Crippen LogP contribution in [0, 0.1) is 0 Å². The molecule has 25 heavy (non-hydrogen) atoms. The number of aliphatic hydroxyl groups is 1. The standard InChI is InChI=1S/C18H22N2O5/c1-2-25-18(24)12-3-5-13(6-4-12)20-16(22)11-15(17(20)23)19-9-7-14(21)8-10-19/h3-6,14-15,21H,2,7-11H2,1H3/p+1/t15-/m0/s1. The van der Waals surface area contributed by atoms with Crippen LogP contribution >= 0.6 is 0 Å². The number of anilines is 1. The van der Waals surface area contributed by atoms with Gasteiger partial charge in [-0.3, -0.25) is 9.59 Å². The zero-order valence-electron chi connectivity index (χ0n) is 14.2. The van der Waals surface area contributed by atoms with Gasteiger partial charge in [-0.05, 0) is 31.2 Å². The van der Waals surface area contributed by atoms with Gasteiger partial charge >= 0.3 is 5.97 Å². The first-order valence-corrected chi connectivity index (χ1v) is 8.68. The Kier molecular flexibility index (Phi) is 5.15. The summed E-state index contributed by atoms with van der Waals surface area (Å²) in [5, 5.41) is 9.61. The van der Waals surface area contributed by atoms with Crippen molar-refractivity contribution >= 4 is 23.5 Å². The molecule has 0 saturated carbocycles. The molecule has 7 nitrogen and oxygen atoms in total. The van der Waals surface area contributed by atoms with E-state index < -0.39 is 5.97 Å². The van der Waals surface area contributed by atoms with Gasteiger partial charge in [0.25, 0.3) is 5.91 Å². The lowest BCUT2D eigenvalue weighted by atomic mass is 10.1. The number of rotatable bonds is 4. The summed E-state index contributed by atoms with van der Waals surface area (Å²) >= 11 is 0. The van der Waals surface area contributed by atoms with Gasteiger partial charge in [0.2, 0.25) is 5.91 Å². The number of carbonyl (C=O) groups is 3. The molecule has 7 heteroatoms. The summed E-state index contributed by atoms with van der Waals surface area (Å²) in [5.41, 5.74) is 0.860. The van der Waals surface area contributed by atoms with Crippen molar-refractivity contribution in [2.45, 2.75) is 38.3 Å². The fourth-order valence-electron chi connectivity index (χ4n) is 3.50. The smallest absolute Gasteiger partial charge is 0.338 e. The molecule has 0 radical (unpaired) electrons. The number of hydrogen-bond donors (Lipinski definition) is 2. The summed E-state index contributed by atoms with van der Waals surface area (Å²) in [4.78, 5) is 39.1. The van der Waals surface area contributed by atoms with Crippen molar-refractivity contribution in [3.8, 4) is 0 Å². The number of benzene rings is 1. The average molecular weight is 347 g/mol. The van der Waals surface area contributed by atoms with E-state index in [4.69, 9.17) is 4.74 Å². The maximum Gasteiger partial charge on any atom is 0.338 e. The lowest BCUT2D eigenvalue weighted by molar-refractivity contribution is -0.920. The number of nitrogens with zero attached hydrogens (tertiary/aromatic N) is 1. The Morgan fingerprint density at radius 3 is 2.48 bits per heavy atom. The molecule has 2 aliphatic rings. The largest absolute Gasteiger partial charge is 0.462 e. The van der Waals surface area contributed by atoms with Crippen molar-refractivity contribution in [3.63, 3.8) is 0 Å². The van der Waals surface area contributed by atoms with Crippen LogP contribution in [0.15, 0.2) is 24.3 Å². The highest BCUT2D eigenvalue weighted by molar-refractivity contribution is 6.21. The molecule has 3 rings (SSSR count). The van der Waals surface area contributed by atoms with E-state index >= 15 is 0 Å². The number of quaternary nitrogens is 1. The average Bonchev–Trinajstić information content (AvgIpc) is 2.90. The molecule has 0 aromatic heterocycles. The fourth-order valence-corrected chi connectivity index (χ4v) is 3.50. The summed E-state index contributed by atoms with van der Waals surface area (Å²) in [6.45, 7) is 3.41. The lowest BCUT2D eigenvalue weighted by Crippen LogP contribution is -3.17. The van der Waals surface area contributed by atoms with Gasteiger partial charge in [0.1, 0.15) is 0 Å². The minimum Gasteiger partial charge on any atom is -0.462 e. The highest BCUT2D eigenvalue weighted by Crippen LogP contribution is 2.23. The molecular weight excluding hydrogens is 324 g/mol. The normalized spacial score (nSPS) is 26.8. The molecule has 2 amide bonds. The molecule has 2 saturated heterocycles. The molecule has 0 bridgehead atoms. The molecule has 1 aromatic rings. The molecule has 0 aliphatic carbocycles. The highest BCUT2D eigenvalue weighted by atomic mass is 16.5. The van der Waals surface area contributed by atoms with E-state index in [9.17, 15) is 19.5 Å². The maximum absolute atomic E-state index is 12.7. The topological polar surface area (TPSA) is 88.3 Å². The van der Waals surface area contributed by atoms with Crippen LogP contribution < -0.4 is 9.80 Å². The van der Waals surface area contributed by atoms with Crippen LogP contribution in [0.2, 0.25) is 0 Å². The summed E-state index contributed by atoms with van der Waals surface area (Å²) in [6, 6.07) is 5.93. The first-order valence-electron chi connectivity index (χ1n) is 8.68. The summed E-state index contributed by atoms with van der Waals surface area (Å²) in [7, 11) is 0. The summed E-state index contributed by atoms with van der Waals surface area (Å²) in [6.07, 6.45) is 1.19. The number of esters is 1. The van der Waals surface area contributed by atoms with Crippen molar-refractivity contribution in [3.05, 3.63) is 29.8 Å². The number of carbonyl (C=O) groups excluding carboxylic acids is 3. The molecule has 0 spiro atoms. The number of aliphatic hydroxyl groups excluding tert-OH is 1. The van der Waals surface area contributed by atoms with E-state index in [1.165, 1.54) is 4.90 Å². The maximum atomic E-state index is 12.7. The molecule has 2 heterocycles. The second-order valence-electron chi connectivity index (χ2n) is 6.48. The second kappa shape index (κ2) is 7.33. The molecule has 2 fully saturated rings. The molecule has 0 unspecified atom stereocenters. The van der Waals surface area contributed by atoms with E-state index in [1.54, 1.807) is 31.2 Å². The molecule has 2 aliphatic heterocycles. The Hall–Kier alpha value is -2.25. The van der Waals surface area contributed by atoms with Crippen molar-refractivity contribution in [1.82, 2.24) is 0 Å². The van der Waals surface area contributed by atoms with Gasteiger partial charge in [-0.2, -0.15) is 0 Å². The highest BCUT2D eigenvalue weighted by Gasteiger charge is 2.46. The minimum atomic E-state index is -0.428. The van der Waals surface area contributed by atoms with E-state index in [1.807, 2.05) is 0 Å². The van der Waals surface area contributed by atoms with Crippen molar-refractivity contribution in [1.29, 1.82) is 0 Å². The minimum absolute atomic E-state index is 0.184. The number of piperidine rings is 1. The third-order valence-corrected chi connectivity index (χ3v) is 4.87. The van der Waals surface area contributed by atoms with Gasteiger partial charge in [-0.1, -0.05) is 0 Å². The third-order valence-electron chi connectivity index (χ3n) is 4.87. The van der Waals surface area contributed by atoms with Crippen LogP contribution in [0.25, 0.3) is 0 Å². The van der Waals surface area contributed by atoms with Crippen LogP contribution in [-0.4, -0.2) is 54.7 Å². The number of imide groups is 1. The Balaban J connectivity index is 1.73. The Morgan fingerprint density at radius 1 is 1.24 bits per heavy atom.